The molecule has 0 radical (unpaired) electrons. The Morgan fingerprint density at radius 2 is 1.77 bits per heavy atom. The highest BCUT2D eigenvalue weighted by molar-refractivity contribution is 7.99. The van der Waals surface area contributed by atoms with Gasteiger partial charge in [0.25, 0.3) is 5.91 Å². The monoisotopic (exact) mass is 487 g/mol. The third kappa shape index (κ3) is 6.22. The van der Waals surface area contributed by atoms with Crippen LogP contribution in [0.2, 0.25) is 0 Å². The van der Waals surface area contributed by atoms with Crippen LogP contribution < -0.4 is 5.43 Å². The number of thioether (sulfide) groups is 1. The lowest BCUT2D eigenvalue weighted by atomic mass is 9.87. The fourth-order valence-electron chi connectivity index (χ4n) is 3.41. The summed E-state index contributed by atoms with van der Waals surface area (Å²) in [5.41, 5.74) is 6.15. The van der Waals surface area contributed by atoms with E-state index < -0.39 is 0 Å². The minimum atomic E-state index is -0.361. The van der Waals surface area contributed by atoms with Crippen molar-refractivity contribution >= 4 is 23.9 Å². The van der Waals surface area contributed by atoms with E-state index in [0.29, 0.717) is 16.5 Å². The Hall–Kier alpha value is -3.78. The lowest BCUT2D eigenvalue weighted by Crippen LogP contribution is -2.20. The lowest BCUT2D eigenvalue weighted by Gasteiger charge is -2.19. The summed E-state index contributed by atoms with van der Waals surface area (Å²) in [5.74, 6) is 0.124. The Morgan fingerprint density at radius 3 is 2.46 bits per heavy atom. The van der Waals surface area contributed by atoms with Crippen LogP contribution in [0.4, 0.5) is 4.39 Å². The molecule has 0 fully saturated rings. The topological polar surface area (TPSA) is 72.2 Å². The number of nitrogens with one attached hydrogen (secondary N) is 1. The number of carbonyl (C=O) groups is 1. The van der Waals surface area contributed by atoms with Crippen LogP contribution in [-0.2, 0) is 10.2 Å². The molecule has 4 rings (SSSR count). The van der Waals surface area contributed by atoms with E-state index in [9.17, 15) is 9.18 Å². The summed E-state index contributed by atoms with van der Waals surface area (Å²) in [4.78, 5) is 12.4. The van der Waals surface area contributed by atoms with E-state index in [0.717, 1.165) is 11.3 Å². The molecule has 0 spiro atoms. The van der Waals surface area contributed by atoms with Crippen molar-refractivity contribution in [1.29, 1.82) is 0 Å². The quantitative estimate of drug-likeness (QED) is 0.209. The maximum atomic E-state index is 13.3. The van der Waals surface area contributed by atoms with Gasteiger partial charge in [0, 0.05) is 11.3 Å². The second kappa shape index (κ2) is 10.7. The Labute approximate surface area is 208 Å². The fraction of sp³-hybridized carbons (Fsp3) is 0.185. The van der Waals surface area contributed by atoms with Crippen molar-refractivity contribution in [1.82, 2.24) is 20.2 Å². The highest BCUT2D eigenvalue weighted by Crippen LogP contribution is 2.30. The van der Waals surface area contributed by atoms with Crippen LogP contribution in [0.5, 0.6) is 0 Å². The van der Waals surface area contributed by atoms with Crippen molar-refractivity contribution < 1.29 is 9.18 Å². The SMILES string of the molecule is CC(C)(C)c1ccc(-c2nnc(SCC(=O)NN=Cc3cccc(F)c3)n2-c2ccccc2)cc1. The molecule has 0 aliphatic rings. The first-order valence-electron chi connectivity index (χ1n) is 11.1. The van der Waals surface area contributed by atoms with Crippen molar-refractivity contribution in [3.8, 4) is 17.1 Å². The molecule has 0 saturated heterocycles. The van der Waals surface area contributed by atoms with Crippen molar-refractivity contribution in [2.24, 2.45) is 5.10 Å². The van der Waals surface area contributed by atoms with Gasteiger partial charge >= 0.3 is 0 Å². The molecule has 1 N–H and O–H groups in total. The summed E-state index contributed by atoms with van der Waals surface area (Å²) in [5, 5.41) is 13.3. The molecule has 1 amide bonds. The fourth-order valence-corrected chi connectivity index (χ4v) is 4.15. The van der Waals surface area contributed by atoms with Gasteiger partial charge in [0.1, 0.15) is 5.82 Å². The highest BCUT2D eigenvalue weighted by atomic mass is 32.2. The van der Waals surface area contributed by atoms with Gasteiger partial charge in [0.05, 0.1) is 12.0 Å². The third-order valence-electron chi connectivity index (χ3n) is 5.24. The zero-order valence-electron chi connectivity index (χ0n) is 19.8. The van der Waals surface area contributed by atoms with Crippen molar-refractivity contribution in [3.05, 3.63) is 95.8 Å². The Bertz CT molecular complexity index is 1330. The summed E-state index contributed by atoms with van der Waals surface area (Å²) >= 11 is 1.27. The van der Waals surface area contributed by atoms with E-state index in [-0.39, 0.29) is 22.9 Å². The van der Waals surface area contributed by atoms with Gasteiger partial charge in [-0.15, -0.1) is 10.2 Å². The summed E-state index contributed by atoms with van der Waals surface area (Å²) in [6.07, 6.45) is 1.40. The van der Waals surface area contributed by atoms with Gasteiger partial charge in [-0.1, -0.05) is 87.1 Å². The number of hydrazone groups is 1. The molecule has 4 aromatic rings. The average Bonchev–Trinajstić information content (AvgIpc) is 3.27. The standard InChI is InChI=1S/C27H26FN5OS/c1-27(2,3)21-14-12-20(13-15-21)25-31-32-26(33(25)23-10-5-4-6-11-23)35-18-24(34)30-29-17-19-8-7-9-22(28)16-19/h4-17H,18H2,1-3H3,(H,30,34). The molecule has 178 valence electrons. The van der Waals surface area contributed by atoms with Gasteiger partial charge < -0.3 is 0 Å². The number of hydrogen-bond acceptors (Lipinski definition) is 5. The Balaban J connectivity index is 1.52. The summed E-state index contributed by atoms with van der Waals surface area (Å²) in [6.45, 7) is 6.53. The van der Waals surface area contributed by atoms with E-state index >= 15 is 0 Å². The average molecular weight is 488 g/mol. The normalized spacial score (nSPS) is 11.7. The number of nitrogens with zero attached hydrogens (tertiary/aromatic N) is 4. The number of amides is 1. The van der Waals surface area contributed by atoms with Crippen LogP contribution in [0.15, 0.2) is 89.1 Å². The lowest BCUT2D eigenvalue weighted by molar-refractivity contribution is -0.118. The molecule has 0 aliphatic heterocycles. The molecule has 0 aliphatic carbocycles. The molecule has 6 nitrogen and oxygen atoms in total. The largest absolute Gasteiger partial charge is 0.272 e. The van der Waals surface area contributed by atoms with Gasteiger partial charge in [-0.25, -0.2) is 9.82 Å². The third-order valence-corrected chi connectivity index (χ3v) is 6.17. The first kappa shape index (κ1) is 24.3. The summed E-state index contributed by atoms with van der Waals surface area (Å²) in [7, 11) is 0. The van der Waals surface area contributed by atoms with E-state index in [1.165, 1.54) is 35.7 Å². The number of aromatic nitrogens is 3. The van der Waals surface area contributed by atoms with Gasteiger partial charge in [-0.05, 0) is 40.8 Å². The minimum Gasteiger partial charge on any atom is -0.272 e. The highest BCUT2D eigenvalue weighted by Gasteiger charge is 2.19. The Morgan fingerprint density at radius 1 is 1.03 bits per heavy atom. The molecule has 0 unspecified atom stereocenters. The van der Waals surface area contributed by atoms with E-state index in [1.807, 2.05) is 47.0 Å². The predicted octanol–water partition coefficient (Wildman–Crippen LogP) is 5.61. The molecule has 35 heavy (non-hydrogen) atoms. The van der Waals surface area contributed by atoms with Gasteiger partial charge in [0.15, 0.2) is 11.0 Å². The first-order chi connectivity index (χ1) is 16.8. The number of benzene rings is 3. The minimum absolute atomic E-state index is 0.0527. The van der Waals surface area contributed by atoms with Gasteiger partial charge in [-0.2, -0.15) is 5.10 Å². The second-order valence-corrected chi connectivity index (χ2v) is 9.88. The summed E-state index contributed by atoms with van der Waals surface area (Å²) < 4.78 is 15.2. The number of carbonyl (C=O) groups excluding carboxylic acids is 1. The zero-order valence-corrected chi connectivity index (χ0v) is 20.6. The number of hydrogen-bond donors (Lipinski definition) is 1. The van der Waals surface area contributed by atoms with Crippen LogP contribution in [0.25, 0.3) is 17.1 Å². The molecule has 3 aromatic carbocycles. The molecule has 8 heteroatoms. The van der Waals surface area contributed by atoms with Crippen molar-refractivity contribution in [3.63, 3.8) is 0 Å². The first-order valence-corrected chi connectivity index (χ1v) is 12.1. The molecule has 0 bridgehead atoms. The Kier molecular flexibility index (Phi) is 7.41. The zero-order chi connectivity index (χ0) is 24.8. The maximum absolute atomic E-state index is 13.3. The smallest absolute Gasteiger partial charge is 0.250 e. The second-order valence-electron chi connectivity index (χ2n) is 8.94. The molecule has 1 aromatic heterocycles. The molecular formula is C27H26FN5OS. The van der Waals surface area contributed by atoms with Crippen LogP contribution in [0.1, 0.15) is 31.9 Å². The molecule has 0 atom stereocenters. The molecule has 1 heterocycles. The van der Waals surface area contributed by atoms with Crippen LogP contribution in [-0.4, -0.2) is 32.6 Å². The van der Waals surface area contributed by atoms with Gasteiger partial charge in [0.2, 0.25) is 0 Å². The van der Waals surface area contributed by atoms with Crippen LogP contribution >= 0.6 is 11.8 Å². The maximum Gasteiger partial charge on any atom is 0.250 e. The molecular weight excluding hydrogens is 461 g/mol. The van der Waals surface area contributed by atoms with E-state index in [4.69, 9.17) is 0 Å². The predicted molar refractivity (Wildman–Crippen MR) is 138 cm³/mol. The van der Waals surface area contributed by atoms with Crippen molar-refractivity contribution in [2.75, 3.05) is 5.75 Å². The summed E-state index contributed by atoms with van der Waals surface area (Å²) in [6, 6.07) is 24.1. The number of halogens is 1. The van der Waals surface area contributed by atoms with E-state index in [2.05, 4.69) is 53.6 Å². The van der Waals surface area contributed by atoms with Crippen molar-refractivity contribution in [2.45, 2.75) is 31.3 Å². The van der Waals surface area contributed by atoms with Crippen LogP contribution in [0, 0.1) is 5.82 Å². The number of para-hydroxylation sites is 1. The molecule has 0 saturated carbocycles. The van der Waals surface area contributed by atoms with Crippen LogP contribution in [0.3, 0.4) is 0 Å². The number of rotatable bonds is 7. The van der Waals surface area contributed by atoms with Gasteiger partial charge in [-0.3, -0.25) is 9.36 Å². The van der Waals surface area contributed by atoms with E-state index in [1.54, 1.807) is 12.1 Å².